The first-order valence-electron chi connectivity index (χ1n) is 6.60. The maximum Gasteiger partial charge on any atom is 0.410 e. The molecule has 7 nitrogen and oxygen atoms in total. The average molecular weight is 321 g/mol. The Morgan fingerprint density at radius 1 is 1.24 bits per heavy atom. The average Bonchev–Trinajstić information content (AvgIpc) is 2.43. The van der Waals surface area contributed by atoms with E-state index in [1.165, 1.54) is 16.9 Å². The van der Waals surface area contributed by atoms with E-state index in [1.807, 2.05) is 0 Å². The van der Waals surface area contributed by atoms with Crippen molar-refractivity contribution < 1.29 is 23.9 Å². The van der Waals surface area contributed by atoms with E-state index in [0.717, 1.165) is 0 Å². The molecule has 0 bridgehead atoms. The molecule has 8 heteroatoms. The van der Waals surface area contributed by atoms with Gasteiger partial charge in [-0.05, 0) is 20.8 Å². The third-order valence-corrected chi connectivity index (χ3v) is 3.17. The summed E-state index contributed by atoms with van der Waals surface area (Å²) in [5.74, 6) is -1.17. The first kappa shape index (κ1) is 17.6. The number of piperazine rings is 1. The van der Waals surface area contributed by atoms with Gasteiger partial charge < -0.3 is 19.3 Å². The maximum atomic E-state index is 12.0. The molecule has 0 N–H and O–H groups in total. The Balaban J connectivity index is 2.81. The highest BCUT2D eigenvalue weighted by Gasteiger charge is 2.38. The first-order chi connectivity index (χ1) is 9.69. The number of carbonyl (C=O) groups is 3. The molecule has 0 saturated carbocycles. The highest BCUT2D eigenvalue weighted by Crippen LogP contribution is 2.16. The van der Waals surface area contributed by atoms with Crippen molar-refractivity contribution in [2.45, 2.75) is 32.4 Å². The number of carbonyl (C=O) groups excluding carboxylic acids is 3. The quantitative estimate of drug-likeness (QED) is 0.557. The number of amides is 2. The Kier molecular flexibility index (Phi) is 5.83. The minimum absolute atomic E-state index is 0.0320. The molecule has 0 aromatic carbocycles. The van der Waals surface area contributed by atoms with E-state index in [9.17, 15) is 14.4 Å². The number of nitrogens with zero attached hydrogens (tertiary/aromatic N) is 2. The third kappa shape index (κ3) is 4.77. The molecule has 0 aromatic heterocycles. The molecule has 2 amide bonds. The van der Waals surface area contributed by atoms with E-state index in [4.69, 9.17) is 16.3 Å². The van der Waals surface area contributed by atoms with E-state index in [0.29, 0.717) is 0 Å². The number of alkyl halides is 1. The SMILES string of the molecule is COC(=O)[C@H]1CN(C(=O)OC(C)(C)C)CCN1C(=O)CCl. The van der Waals surface area contributed by atoms with Crippen molar-refractivity contribution in [3.63, 3.8) is 0 Å². The summed E-state index contributed by atoms with van der Waals surface area (Å²) in [4.78, 5) is 38.3. The van der Waals surface area contributed by atoms with Crippen molar-refractivity contribution in [3.8, 4) is 0 Å². The molecular formula is C13H21ClN2O5. The largest absolute Gasteiger partial charge is 0.467 e. The second-order valence-corrected chi connectivity index (χ2v) is 5.95. The van der Waals surface area contributed by atoms with Gasteiger partial charge in [0, 0.05) is 13.1 Å². The Morgan fingerprint density at radius 3 is 2.33 bits per heavy atom. The zero-order chi connectivity index (χ0) is 16.2. The van der Waals surface area contributed by atoms with Gasteiger partial charge in [-0.1, -0.05) is 0 Å². The summed E-state index contributed by atoms with van der Waals surface area (Å²) >= 11 is 5.54. The van der Waals surface area contributed by atoms with Gasteiger partial charge in [0.05, 0.1) is 13.7 Å². The zero-order valence-corrected chi connectivity index (χ0v) is 13.5. The number of esters is 1. The molecule has 1 rings (SSSR count). The van der Waals surface area contributed by atoms with E-state index in [-0.39, 0.29) is 31.4 Å². The maximum absolute atomic E-state index is 12.0. The van der Waals surface area contributed by atoms with Gasteiger partial charge in [-0.15, -0.1) is 11.6 Å². The third-order valence-electron chi connectivity index (χ3n) is 2.94. The Bertz CT molecular complexity index is 421. The van der Waals surface area contributed by atoms with Gasteiger partial charge in [0.1, 0.15) is 17.5 Å². The molecular weight excluding hydrogens is 300 g/mol. The predicted molar refractivity (Wildman–Crippen MR) is 76.0 cm³/mol. The van der Waals surface area contributed by atoms with Crippen LogP contribution in [0.15, 0.2) is 0 Å². The summed E-state index contributed by atoms with van der Waals surface area (Å²) in [5, 5.41) is 0. The van der Waals surface area contributed by atoms with E-state index < -0.39 is 23.7 Å². The van der Waals surface area contributed by atoms with Crippen molar-refractivity contribution in [1.82, 2.24) is 9.80 Å². The smallest absolute Gasteiger partial charge is 0.410 e. The van der Waals surface area contributed by atoms with Crippen LogP contribution in [0, 0.1) is 0 Å². The van der Waals surface area contributed by atoms with Crippen LogP contribution in [0.1, 0.15) is 20.8 Å². The lowest BCUT2D eigenvalue weighted by Gasteiger charge is -2.39. The van der Waals surface area contributed by atoms with Crippen molar-refractivity contribution in [3.05, 3.63) is 0 Å². The number of hydrogen-bond donors (Lipinski definition) is 0. The van der Waals surface area contributed by atoms with Crippen LogP contribution in [0.2, 0.25) is 0 Å². The monoisotopic (exact) mass is 320 g/mol. The normalized spacial score (nSPS) is 19.2. The summed E-state index contributed by atoms with van der Waals surface area (Å²) < 4.78 is 9.96. The van der Waals surface area contributed by atoms with Gasteiger partial charge in [0.25, 0.3) is 0 Å². The molecule has 120 valence electrons. The molecule has 1 atom stereocenters. The lowest BCUT2D eigenvalue weighted by atomic mass is 10.1. The van der Waals surface area contributed by atoms with Gasteiger partial charge in [0.15, 0.2) is 0 Å². The highest BCUT2D eigenvalue weighted by atomic mass is 35.5. The Morgan fingerprint density at radius 2 is 1.86 bits per heavy atom. The molecule has 1 fully saturated rings. The van der Waals surface area contributed by atoms with E-state index >= 15 is 0 Å². The lowest BCUT2D eigenvalue weighted by Crippen LogP contribution is -2.60. The van der Waals surface area contributed by atoms with Gasteiger partial charge in [-0.25, -0.2) is 9.59 Å². The molecule has 0 radical (unpaired) electrons. The molecule has 0 aliphatic carbocycles. The second-order valence-electron chi connectivity index (χ2n) is 5.69. The van der Waals surface area contributed by atoms with Crippen molar-refractivity contribution in [2.75, 3.05) is 32.6 Å². The summed E-state index contributed by atoms with van der Waals surface area (Å²) in [6.07, 6.45) is -0.519. The minimum atomic E-state index is -0.859. The van der Waals surface area contributed by atoms with Crippen LogP contribution < -0.4 is 0 Å². The van der Waals surface area contributed by atoms with Crippen molar-refractivity contribution >= 4 is 29.6 Å². The van der Waals surface area contributed by atoms with Crippen molar-refractivity contribution in [1.29, 1.82) is 0 Å². The number of methoxy groups -OCH3 is 1. The highest BCUT2D eigenvalue weighted by molar-refractivity contribution is 6.27. The molecule has 1 aliphatic heterocycles. The Labute approximate surface area is 129 Å². The second kappa shape index (κ2) is 6.98. The first-order valence-corrected chi connectivity index (χ1v) is 7.14. The fraction of sp³-hybridized carbons (Fsp3) is 0.769. The van der Waals surface area contributed by atoms with Crippen LogP contribution in [-0.4, -0.2) is 72.0 Å². The molecule has 1 saturated heterocycles. The van der Waals surface area contributed by atoms with Crippen LogP contribution in [0.3, 0.4) is 0 Å². The van der Waals surface area contributed by atoms with Gasteiger partial charge in [-0.2, -0.15) is 0 Å². The number of hydrogen-bond acceptors (Lipinski definition) is 5. The molecule has 1 heterocycles. The van der Waals surface area contributed by atoms with Crippen LogP contribution in [0.5, 0.6) is 0 Å². The van der Waals surface area contributed by atoms with Crippen molar-refractivity contribution in [2.24, 2.45) is 0 Å². The fourth-order valence-electron chi connectivity index (χ4n) is 1.99. The molecule has 1 aliphatic rings. The summed E-state index contributed by atoms with van der Waals surface area (Å²) in [7, 11) is 1.23. The minimum Gasteiger partial charge on any atom is -0.467 e. The molecule has 0 unspecified atom stereocenters. The molecule has 0 aromatic rings. The van der Waals surface area contributed by atoms with Gasteiger partial charge in [-0.3, -0.25) is 4.79 Å². The van der Waals surface area contributed by atoms with Crippen LogP contribution in [-0.2, 0) is 19.1 Å². The van der Waals surface area contributed by atoms with Crippen LogP contribution >= 0.6 is 11.6 Å². The summed E-state index contributed by atoms with van der Waals surface area (Å²) in [5.41, 5.74) is -0.624. The van der Waals surface area contributed by atoms with E-state index in [2.05, 4.69) is 4.74 Å². The van der Waals surface area contributed by atoms with Gasteiger partial charge in [0.2, 0.25) is 5.91 Å². The van der Waals surface area contributed by atoms with Crippen LogP contribution in [0.4, 0.5) is 4.79 Å². The summed E-state index contributed by atoms with van der Waals surface area (Å²) in [6, 6.07) is -0.859. The van der Waals surface area contributed by atoms with E-state index in [1.54, 1.807) is 20.8 Å². The number of rotatable bonds is 2. The zero-order valence-electron chi connectivity index (χ0n) is 12.7. The number of halogens is 1. The summed E-state index contributed by atoms with van der Waals surface area (Å²) in [6.45, 7) is 5.81. The number of ether oxygens (including phenoxy) is 2. The van der Waals surface area contributed by atoms with Gasteiger partial charge >= 0.3 is 12.1 Å². The topological polar surface area (TPSA) is 76.2 Å². The predicted octanol–water partition coefficient (Wildman–Crippen LogP) is 0.846. The fourth-order valence-corrected chi connectivity index (χ4v) is 2.14. The van der Waals surface area contributed by atoms with Crippen LogP contribution in [0.25, 0.3) is 0 Å². The molecule has 21 heavy (non-hydrogen) atoms. The Hall–Kier alpha value is -1.50. The molecule has 0 spiro atoms. The lowest BCUT2D eigenvalue weighted by molar-refractivity contribution is -0.155. The standard InChI is InChI=1S/C13H21ClN2O5/c1-13(2,3)21-12(19)15-5-6-16(10(17)7-14)9(8-15)11(18)20-4/h9H,5-8H2,1-4H3/t9-/m1/s1.